The molecule has 164 valence electrons. The first kappa shape index (κ1) is 22.8. The third kappa shape index (κ3) is 6.25. The van der Waals surface area contributed by atoms with Crippen molar-refractivity contribution >= 4 is 12.0 Å². The van der Waals surface area contributed by atoms with Crippen LogP contribution in [0.1, 0.15) is 18.5 Å². The molecule has 29 heavy (non-hydrogen) atoms. The topological polar surface area (TPSA) is 67.3 Å². The molecule has 2 heterocycles. The van der Waals surface area contributed by atoms with Gasteiger partial charge < -0.3 is 15.0 Å². The van der Waals surface area contributed by atoms with E-state index in [4.69, 9.17) is 0 Å². The fourth-order valence-corrected chi connectivity index (χ4v) is 2.47. The van der Waals surface area contributed by atoms with Crippen molar-refractivity contribution in [2.24, 2.45) is 0 Å². The number of nitrogens with zero attached hydrogens (tertiary/aromatic N) is 3. The summed E-state index contributed by atoms with van der Waals surface area (Å²) in [5.74, 6) is -0.352. The summed E-state index contributed by atoms with van der Waals surface area (Å²) >= 11 is 0. The number of carbonyl (C=O) groups excluding carboxylic acids is 1. The van der Waals surface area contributed by atoms with Crippen LogP contribution in [-0.4, -0.2) is 58.5 Å². The van der Waals surface area contributed by atoms with Crippen molar-refractivity contribution in [3.8, 4) is 0 Å². The standard InChI is InChI=1S/C14H13F9N4O2/c15-12(16,17)8-1-4-24-10(26-8)25-7-2-5-27(6-3-7)11(28)29-9(13(18,19)20)14(21,22)23/h1,4,7,9H,2-3,5-6H2,(H,24,25,26). The molecule has 0 unspecified atom stereocenters. The van der Waals surface area contributed by atoms with Crippen LogP contribution in [0.3, 0.4) is 0 Å². The van der Waals surface area contributed by atoms with Crippen molar-refractivity contribution in [1.82, 2.24) is 14.9 Å². The Hall–Kier alpha value is -2.48. The number of piperidine rings is 1. The minimum Gasteiger partial charge on any atom is -0.426 e. The minimum atomic E-state index is -5.82. The summed E-state index contributed by atoms with van der Waals surface area (Å²) in [5, 5.41) is 2.58. The van der Waals surface area contributed by atoms with E-state index in [1.165, 1.54) is 0 Å². The Labute approximate surface area is 157 Å². The van der Waals surface area contributed by atoms with E-state index >= 15 is 0 Å². The van der Waals surface area contributed by atoms with Crippen molar-refractivity contribution in [3.63, 3.8) is 0 Å². The van der Waals surface area contributed by atoms with Gasteiger partial charge in [-0.3, -0.25) is 0 Å². The first-order valence-electron chi connectivity index (χ1n) is 7.93. The van der Waals surface area contributed by atoms with E-state index in [1.54, 1.807) is 0 Å². The third-order valence-electron chi connectivity index (χ3n) is 3.85. The van der Waals surface area contributed by atoms with Crippen LogP contribution in [0.5, 0.6) is 0 Å². The van der Waals surface area contributed by atoms with Crippen molar-refractivity contribution in [1.29, 1.82) is 0 Å². The molecule has 1 amide bonds. The molecule has 0 spiro atoms. The number of carbonyl (C=O) groups is 1. The molecule has 1 saturated heterocycles. The minimum absolute atomic E-state index is 0.0113. The predicted molar refractivity (Wildman–Crippen MR) is 77.6 cm³/mol. The van der Waals surface area contributed by atoms with E-state index < -0.39 is 42.5 Å². The molecule has 1 aliphatic rings. The number of amides is 1. The first-order valence-corrected chi connectivity index (χ1v) is 7.93. The normalized spacial score (nSPS) is 16.8. The molecule has 1 aromatic heterocycles. The van der Waals surface area contributed by atoms with Gasteiger partial charge in [0.15, 0.2) is 0 Å². The zero-order valence-corrected chi connectivity index (χ0v) is 14.2. The lowest BCUT2D eigenvalue weighted by molar-refractivity contribution is -0.308. The summed E-state index contributed by atoms with van der Waals surface area (Å²) in [4.78, 5) is 19.2. The number of ether oxygens (including phenoxy) is 1. The predicted octanol–water partition coefficient (Wildman–Crippen LogP) is 4.00. The van der Waals surface area contributed by atoms with Gasteiger partial charge >= 0.3 is 24.6 Å². The van der Waals surface area contributed by atoms with Gasteiger partial charge in [0.05, 0.1) is 0 Å². The van der Waals surface area contributed by atoms with Gasteiger partial charge in [-0.1, -0.05) is 0 Å². The van der Waals surface area contributed by atoms with E-state index in [0.717, 1.165) is 6.20 Å². The van der Waals surface area contributed by atoms with Crippen LogP contribution in [0.25, 0.3) is 0 Å². The van der Waals surface area contributed by atoms with Crippen LogP contribution in [-0.2, 0) is 10.9 Å². The second-order valence-electron chi connectivity index (χ2n) is 6.02. The number of rotatable bonds is 3. The Morgan fingerprint density at radius 3 is 2.10 bits per heavy atom. The Morgan fingerprint density at radius 1 is 1.07 bits per heavy atom. The highest BCUT2D eigenvalue weighted by atomic mass is 19.4. The largest absolute Gasteiger partial charge is 0.434 e. The molecule has 15 heteroatoms. The summed E-state index contributed by atoms with van der Waals surface area (Å²) < 4.78 is 116. The fraction of sp³-hybridized carbons (Fsp3) is 0.643. The molecule has 0 aromatic carbocycles. The summed E-state index contributed by atoms with van der Waals surface area (Å²) in [5.41, 5.74) is -1.19. The Morgan fingerprint density at radius 2 is 1.62 bits per heavy atom. The number of anilines is 1. The molecular weight excluding hydrogens is 427 g/mol. The molecule has 6 nitrogen and oxygen atoms in total. The number of hydrogen-bond donors (Lipinski definition) is 1. The Balaban J connectivity index is 1.93. The number of halogens is 9. The monoisotopic (exact) mass is 440 g/mol. The molecule has 1 fully saturated rings. The maximum Gasteiger partial charge on any atom is 0.434 e. The van der Waals surface area contributed by atoms with Crippen molar-refractivity contribution in [2.75, 3.05) is 18.4 Å². The van der Waals surface area contributed by atoms with E-state index in [1.807, 2.05) is 0 Å². The maximum atomic E-state index is 12.6. The molecule has 1 aliphatic heterocycles. The van der Waals surface area contributed by atoms with Crippen molar-refractivity contribution < 1.29 is 49.0 Å². The fourth-order valence-electron chi connectivity index (χ4n) is 2.47. The van der Waals surface area contributed by atoms with Crippen LogP contribution in [0, 0.1) is 0 Å². The number of nitrogens with one attached hydrogen (secondary N) is 1. The van der Waals surface area contributed by atoms with Crippen molar-refractivity contribution in [3.05, 3.63) is 18.0 Å². The third-order valence-corrected chi connectivity index (χ3v) is 3.85. The van der Waals surface area contributed by atoms with Gasteiger partial charge in [-0.05, 0) is 18.9 Å². The SMILES string of the molecule is O=C(OC(C(F)(F)F)C(F)(F)F)N1CCC(Nc2nccc(C(F)(F)F)n2)CC1. The summed E-state index contributed by atoms with van der Waals surface area (Å²) in [6.07, 6.45) is -21.5. The zero-order valence-electron chi connectivity index (χ0n) is 14.2. The van der Waals surface area contributed by atoms with Crippen LogP contribution in [0.4, 0.5) is 50.3 Å². The van der Waals surface area contributed by atoms with E-state index in [0.29, 0.717) is 11.0 Å². The van der Waals surface area contributed by atoms with Gasteiger partial charge in [-0.2, -0.15) is 39.5 Å². The van der Waals surface area contributed by atoms with Gasteiger partial charge in [0.2, 0.25) is 5.95 Å². The van der Waals surface area contributed by atoms with Crippen LogP contribution in [0.15, 0.2) is 12.3 Å². The Bertz CT molecular complexity index is 698. The zero-order chi connectivity index (χ0) is 22.0. The molecule has 0 radical (unpaired) electrons. The highest BCUT2D eigenvalue weighted by Gasteiger charge is 2.60. The van der Waals surface area contributed by atoms with Crippen LogP contribution >= 0.6 is 0 Å². The second kappa shape index (κ2) is 8.10. The molecule has 1 aromatic rings. The molecule has 2 rings (SSSR count). The summed E-state index contributed by atoms with van der Waals surface area (Å²) in [7, 11) is 0. The van der Waals surface area contributed by atoms with Gasteiger partial charge in [0, 0.05) is 25.3 Å². The van der Waals surface area contributed by atoms with Gasteiger partial charge in [0.1, 0.15) is 5.69 Å². The Kier molecular flexibility index (Phi) is 6.37. The number of hydrogen-bond acceptors (Lipinski definition) is 5. The van der Waals surface area contributed by atoms with E-state index in [2.05, 4.69) is 20.0 Å². The van der Waals surface area contributed by atoms with Gasteiger partial charge in [-0.25, -0.2) is 14.8 Å². The molecule has 0 atom stereocenters. The average Bonchev–Trinajstić information content (AvgIpc) is 2.57. The lowest BCUT2D eigenvalue weighted by Gasteiger charge is -2.33. The maximum absolute atomic E-state index is 12.6. The van der Waals surface area contributed by atoms with Gasteiger partial charge in [0.25, 0.3) is 6.10 Å². The number of aromatic nitrogens is 2. The number of likely N-dealkylation sites (tertiary alicyclic amines) is 1. The average molecular weight is 440 g/mol. The number of alkyl halides is 9. The molecule has 1 N–H and O–H groups in total. The lowest BCUT2D eigenvalue weighted by Crippen LogP contribution is -2.50. The summed E-state index contributed by atoms with van der Waals surface area (Å²) in [6, 6.07) is 0.102. The van der Waals surface area contributed by atoms with Crippen LogP contribution < -0.4 is 5.32 Å². The quantitative estimate of drug-likeness (QED) is 0.720. The van der Waals surface area contributed by atoms with Gasteiger partial charge in [-0.15, -0.1) is 0 Å². The summed E-state index contributed by atoms with van der Waals surface area (Å²) in [6.45, 7) is -0.560. The van der Waals surface area contributed by atoms with Crippen molar-refractivity contribution in [2.45, 2.75) is 43.5 Å². The first-order chi connectivity index (χ1) is 13.2. The second-order valence-corrected chi connectivity index (χ2v) is 6.02. The molecule has 0 bridgehead atoms. The molecular formula is C14H13F9N4O2. The van der Waals surface area contributed by atoms with E-state index in [-0.39, 0.29) is 31.9 Å². The van der Waals surface area contributed by atoms with Crippen LogP contribution in [0.2, 0.25) is 0 Å². The molecule has 0 saturated carbocycles. The highest BCUT2D eigenvalue weighted by molar-refractivity contribution is 5.68. The molecule has 0 aliphatic carbocycles. The highest BCUT2D eigenvalue weighted by Crippen LogP contribution is 2.36. The van der Waals surface area contributed by atoms with E-state index in [9.17, 15) is 44.3 Å². The lowest BCUT2D eigenvalue weighted by atomic mass is 10.1. The smallest absolute Gasteiger partial charge is 0.426 e.